The number of fused-ring (bicyclic) bond motifs is 1. The van der Waals surface area contributed by atoms with Crippen LogP contribution in [-0.2, 0) is 22.4 Å². The number of nitrogens with one attached hydrogen (secondary N) is 2. The fourth-order valence-corrected chi connectivity index (χ4v) is 5.95. The number of aryl methyl sites for hydroxylation is 1. The lowest BCUT2D eigenvalue weighted by Crippen LogP contribution is -2.37. The number of aromatic nitrogens is 2. The number of amides is 1. The summed E-state index contributed by atoms with van der Waals surface area (Å²) in [5.74, 6) is -1.32. The molecule has 3 unspecified atom stereocenters. The second kappa shape index (κ2) is 15.1. The Bertz CT molecular complexity index is 1620. The molecule has 3 atom stereocenters. The number of aromatic amines is 1. The number of para-hydroxylation sites is 2. The molecule has 0 bridgehead atoms. The number of aliphatic carboxylic acids is 1. The molecule has 1 amide bonds. The zero-order valence-electron chi connectivity index (χ0n) is 25.3. The molecule has 1 heterocycles. The zero-order chi connectivity index (χ0) is 30.7. The number of carboxylic acid groups (broad SMARTS) is 1. The molecule has 0 saturated carbocycles. The maximum Gasteiger partial charge on any atom is 0.306 e. The van der Waals surface area contributed by atoms with E-state index < -0.39 is 23.8 Å². The molecular weight excluding hydrogens is 546 g/mol. The van der Waals surface area contributed by atoms with Crippen LogP contribution in [0.25, 0.3) is 22.2 Å². The van der Waals surface area contributed by atoms with Crippen molar-refractivity contribution in [1.29, 1.82) is 0 Å². The van der Waals surface area contributed by atoms with E-state index in [2.05, 4.69) is 41.5 Å². The van der Waals surface area contributed by atoms with E-state index >= 15 is 0 Å². The van der Waals surface area contributed by atoms with Crippen LogP contribution in [-0.4, -0.2) is 27.0 Å². The summed E-state index contributed by atoms with van der Waals surface area (Å²) < 4.78 is 0. The number of hydrogen-bond acceptors (Lipinski definition) is 3. The molecule has 0 saturated heterocycles. The van der Waals surface area contributed by atoms with E-state index in [9.17, 15) is 14.7 Å². The van der Waals surface area contributed by atoms with Crippen LogP contribution >= 0.6 is 0 Å². The predicted octanol–water partition coefficient (Wildman–Crippen LogP) is 8.16. The maximum absolute atomic E-state index is 14.2. The van der Waals surface area contributed by atoms with Gasteiger partial charge in [-0.25, -0.2) is 4.98 Å². The first-order valence-corrected chi connectivity index (χ1v) is 15.7. The number of carbonyl (C=O) groups excluding carboxylic acids is 1. The number of nitrogens with zero attached hydrogens (tertiary/aromatic N) is 1. The van der Waals surface area contributed by atoms with Gasteiger partial charge >= 0.3 is 5.97 Å². The summed E-state index contributed by atoms with van der Waals surface area (Å²) in [7, 11) is 0. The Hall–Kier alpha value is -4.71. The third-order valence-corrected chi connectivity index (χ3v) is 8.40. The Morgan fingerprint density at radius 2 is 1.50 bits per heavy atom. The molecule has 6 heteroatoms. The molecule has 1 aromatic heterocycles. The van der Waals surface area contributed by atoms with Gasteiger partial charge in [-0.05, 0) is 66.5 Å². The van der Waals surface area contributed by atoms with Gasteiger partial charge in [-0.15, -0.1) is 0 Å². The summed E-state index contributed by atoms with van der Waals surface area (Å²) >= 11 is 0. The highest BCUT2D eigenvalue weighted by molar-refractivity contribution is 5.81. The fourth-order valence-electron chi connectivity index (χ4n) is 5.95. The first kappa shape index (κ1) is 30.7. The van der Waals surface area contributed by atoms with Gasteiger partial charge in [0.15, 0.2) is 0 Å². The van der Waals surface area contributed by atoms with Crippen molar-refractivity contribution in [3.05, 3.63) is 126 Å². The number of imidazole rings is 1. The number of carboxylic acids is 1. The van der Waals surface area contributed by atoms with Crippen molar-refractivity contribution in [1.82, 2.24) is 15.3 Å². The average molecular weight is 588 g/mol. The van der Waals surface area contributed by atoms with Crippen LogP contribution in [0, 0.1) is 11.8 Å². The third-order valence-electron chi connectivity index (χ3n) is 8.40. The molecule has 3 N–H and O–H groups in total. The van der Waals surface area contributed by atoms with Crippen molar-refractivity contribution in [2.75, 3.05) is 0 Å². The Labute approximate surface area is 259 Å². The van der Waals surface area contributed by atoms with Crippen LogP contribution in [0.1, 0.15) is 62.0 Å². The number of unbranched alkanes of at least 4 members (excludes halogenated alkanes) is 1. The maximum atomic E-state index is 14.2. The molecule has 5 rings (SSSR count). The molecule has 0 fully saturated rings. The van der Waals surface area contributed by atoms with Gasteiger partial charge in [0.25, 0.3) is 0 Å². The molecule has 5 aromatic rings. The number of benzene rings is 4. The molecule has 6 nitrogen and oxygen atoms in total. The summed E-state index contributed by atoms with van der Waals surface area (Å²) in [6.07, 6.45) is 4.36. The topological polar surface area (TPSA) is 95.1 Å². The zero-order valence-corrected chi connectivity index (χ0v) is 25.3. The Morgan fingerprint density at radius 1 is 0.818 bits per heavy atom. The van der Waals surface area contributed by atoms with Gasteiger partial charge in [-0.1, -0.05) is 117 Å². The number of rotatable bonds is 15. The van der Waals surface area contributed by atoms with Crippen LogP contribution < -0.4 is 5.32 Å². The monoisotopic (exact) mass is 587 g/mol. The van der Waals surface area contributed by atoms with Crippen LogP contribution in [0.4, 0.5) is 0 Å². The summed E-state index contributed by atoms with van der Waals surface area (Å²) in [5, 5.41) is 13.4. The standard InChI is InChI=1S/C38H41N3O3/c1-2-3-16-31(38(43)44)26-30(24-23-29-19-10-11-20-32(29)28-17-8-5-9-18-28)37(42)41-35(25-27-14-6-4-7-15-27)36-39-33-21-12-13-22-34(33)40-36/h4-15,17-22,30-31,35H,2-3,16,23-26H2,1H3,(H,39,40)(H,41,42)(H,43,44). The molecule has 44 heavy (non-hydrogen) atoms. The third kappa shape index (κ3) is 8.01. The summed E-state index contributed by atoms with van der Waals surface area (Å²) in [5.41, 5.74) is 6.25. The van der Waals surface area contributed by atoms with Gasteiger partial charge in [0, 0.05) is 5.92 Å². The van der Waals surface area contributed by atoms with E-state index in [1.807, 2.05) is 84.9 Å². The molecule has 0 radical (unpaired) electrons. The first-order chi connectivity index (χ1) is 21.5. The van der Waals surface area contributed by atoms with E-state index in [1.54, 1.807) is 0 Å². The van der Waals surface area contributed by atoms with E-state index in [0.717, 1.165) is 46.1 Å². The van der Waals surface area contributed by atoms with Crippen molar-refractivity contribution in [2.45, 2.75) is 57.9 Å². The van der Waals surface area contributed by atoms with Gasteiger partial charge in [0.2, 0.25) is 5.91 Å². The van der Waals surface area contributed by atoms with Crippen molar-refractivity contribution in [3.8, 4) is 11.1 Å². The quantitative estimate of drug-likeness (QED) is 0.115. The minimum Gasteiger partial charge on any atom is -0.481 e. The first-order valence-electron chi connectivity index (χ1n) is 15.7. The van der Waals surface area contributed by atoms with Gasteiger partial charge < -0.3 is 15.4 Å². The van der Waals surface area contributed by atoms with Crippen LogP contribution in [0.15, 0.2) is 109 Å². The van der Waals surface area contributed by atoms with Crippen molar-refractivity contribution >= 4 is 22.9 Å². The van der Waals surface area contributed by atoms with Gasteiger partial charge in [0.1, 0.15) is 5.82 Å². The average Bonchev–Trinajstić information content (AvgIpc) is 3.49. The van der Waals surface area contributed by atoms with E-state index in [1.165, 1.54) is 0 Å². The molecule has 0 aliphatic heterocycles. The molecule has 0 aliphatic rings. The number of H-pyrrole nitrogens is 1. The van der Waals surface area contributed by atoms with Crippen molar-refractivity contribution < 1.29 is 14.7 Å². The normalized spacial score (nSPS) is 13.3. The highest BCUT2D eigenvalue weighted by Crippen LogP contribution is 2.29. The minimum atomic E-state index is -0.834. The molecule has 4 aromatic carbocycles. The van der Waals surface area contributed by atoms with Gasteiger partial charge in [-0.3, -0.25) is 9.59 Å². The Balaban J connectivity index is 1.42. The molecular formula is C38H41N3O3. The Kier molecular flexibility index (Phi) is 10.6. The van der Waals surface area contributed by atoms with E-state index in [4.69, 9.17) is 4.98 Å². The smallest absolute Gasteiger partial charge is 0.306 e. The lowest BCUT2D eigenvalue weighted by Gasteiger charge is -2.24. The largest absolute Gasteiger partial charge is 0.481 e. The predicted molar refractivity (Wildman–Crippen MR) is 176 cm³/mol. The van der Waals surface area contributed by atoms with Crippen molar-refractivity contribution in [3.63, 3.8) is 0 Å². The van der Waals surface area contributed by atoms with Gasteiger partial charge in [0.05, 0.1) is 23.0 Å². The highest BCUT2D eigenvalue weighted by Gasteiger charge is 2.29. The lowest BCUT2D eigenvalue weighted by atomic mass is 9.85. The summed E-state index contributed by atoms with van der Waals surface area (Å²) in [4.78, 5) is 34.7. The van der Waals surface area contributed by atoms with E-state index in [-0.39, 0.29) is 5.91 Å². The molecule has 0 spiro atoms. The summed E-state index contributed by atoms with van der Waals surface area (Å²) in [6, 6.07) is 36.0. The minimum absolute atomic E-state index is 0.133. The van der Waals surface area contributed by atoms with Gasteiger partial charge in [-0.2, -0.15) is 0 Å². The fraction of sp³-hybridized carbons (Fsp3) is 0.289. The van der Waals surface area contributed by atoms with Crippen LogP contribution in [0.3, 0.4) is 0 Å². The molecule has 226 valence electrons. The summed E-state index contributed by atoms with van der Waals surface area (Å²) in [6.45, 7) is 2.06. The second-order valence-corrected chi connectivity index (χ2v) is 11.6. The number of carbonyl (C=O) groups is 2. The Morgan fingerprint density at radius 3 is 2.23 bits per heavy atom. The molecule has 0 aliphatic carbocycles. The van der Waals surface area contributed by atoms with Crippen molar-refractivity contribution in [2.24, 2.45) is 11.8 Å². The highest BCUT2D eigenvalue weighted by atomic mass is 16.4. The van der Waals surface area contributed by atoms with Crippen LogP contribution in [0.5, 0.6) is 0 Å². The SMILES string of the molecule is CCCCC(CC(CCc1ccccc1-c1ccccc1)C(=O)NC(Cc1ccccc1)c1nc2ccccc2[nH]1)C(=O)O. The second-order valence-electron chi connectivity index (χ2n) is 11.6. The van der Waals surface area contributed by atoms with E-state index in [0.29, 0.717) is 37.9 Å². The lowest BCUT2D eigenvalue weighted by molar-refractivity contribution is -0.143. The number of hydrogen-bond donors (Lipinski definition) is 3. The van der Waals surface area contributed by atoms with Crippen LogP contribution in [0.2, 0.25) is 0 Å².